The number of aromatic nitrogens is 1. The molecule has 0 amide bonds. The van der Waals surface area contributed by atoms with Crippen molar-refractivity contribution in [3.05, 3.63) is 47.5 Å². The highest BCUT2D eigenvalue weighted by atomic mass is 32.2. The molecular weight excluding hydrogens is 458 g/mol. The summed E-state index contributed by atoms with van der Waals surface area (Å²) in [5.74, 6) is 3.74. The van der Waals surface area contributed by atoms with Gasteiger partial charge in [-0.15, -0.1) is 0 Å². The second kappa shape index (κ2) is 7.99. The van der Waals surface area contributed by atoms with Gasteiger partial charge in [-0.1, -0.05) is 17.3 Å². The van der Waals surface area contributed by atoms with Crippen LogP contribution in [-0.2, 0) is 22.8 Å². The molecule has 0 bridgehead atoms. The lowest BCUT2D eigenvalue weighted by molar-refractivity contribution is 0.376. The van der Waals surface area contributed by atoms with E-state index in [1.165, 1.54) is 17.5 Å². The number of nitrogens with zero attached hydrogens (tertiary/aromatic N) is 2. The standard InChI is InChI=1S/C24H25N3O4S2/c1-29-19-5-3-6-20(30-2)22(19)32-26-23-17-14-24(9-10-24)18-8-7-15(27-11-4-12-33(27)28)13-16(18)21(17)31-25-23/h3,5-8,13H,4,9-12,14H2,1-2H3,(H,25,26). The molecule has 2 aliphatic carbocycles. The van der Waals surface area contributed by atoms with E-state index in [1.807, 2.05) is 22.5 Å². The molecule has 1 saturated carbocycles. The number of ether oxygens (including phenoxy) is 2. The number of fused-ring (bicyclic) bond motifs is 4. The predicted octanol–water partition coefficient (Wildman–Crippen LogP) is 4.94. The lowest BCUT2D eigenvalue weighted by atomic mass is 9.79. The number of benzene rings is 2. The van der Waals surface area contributed by atoms with Crippen LogP contribution in [0.3, 0.4) is 0 Å². The zero-order valence-corrected chi connectivity index (χ0v) is 20.2. The maximum absolute atomic E-state index is 12.4. The summed E-state index contributed by atoms with van der Waals surface area (Å²) < 4.78 is 34.7. The molecular formula is C24H25N3O4S2. The minimum atomic E-state index is -0.952. The van der Waals surface area contributed by atoms with Crippen molar-refractivity contribution in [2.75, 3.05) is 35.5 Å². The zero-order valence-electron chi connectivity index (χ0n) is 18.6. The van der Waals surface area contributed by atoms with E-state index >= 15 is 0 Å². The third-order valence-corrected chi connectivity index (χ3v) is 9.25. The molecule has 3 aliphatic rings. The molecule has 7 nitrogen and oxygen atoms in total. The van der Waals surface area contributed by atoms with Crippen LogP contribution < -0.4 is 18.5 Å². The molecule has 172 valence electrons. The van der Waals surface area contributed by atoms with Crippen molar-refractivity contribution >= 4 is 34.4 Å². The summed E-state index contributed by atoms with van der Waals surface area (Å²) in [6.45, 7) is 0.823. The second-order valence-corrected chi connectivity index (χ2v) is 11.0. The van der Waals surface area contributed by atoms with Crippen LogP contribution in [0.4, 0.5) is 11.5 Å². The topological polar surface area (TPSA) is 76.8 Å². The van der Waals surface area contributed by atoms with Crippen LogP contribution in [0.5, 0.6) is 11.5 Å². The SMILES string of the molecule is COc1cccc(OC)c1SNc1noc2c1CC1(CC1)c1ccc(N3CCCS3=O)cc1-2. The average molecular weight is 484 g/mol. The molecule has 6 rings (SSSR count). The lowest BCUT2D eigenvalue weighted by Gasteiger charge is -2.26. The Morgan fingerprint density at radius 2 is 1.97 bits per heavy atom. The molecule has 1 spiro atoms. The molecule has 1 N–H and O–H groups in total. The molecule has 1 saturated heterocycles. The van der Waals surface area contributed by atoms with Crippen molar-refractivity contribution < 1.29 is 18.2 Å². The van der Waals surface area contributed by atoms with Crippen LogP contribution >= 0.6 is 11.9 Å². The van der Waals surface area contributed by atoms with Gasteiger partial charge in [0.25, 0.3) is 0 Å². The van der Waals surface area contributed by atoms with Gasteiger partial charge in [0.05, 0.1) is 14.2 Å². The summed E-state index contributed by atoms with van der Waals surface area (Å²) in [5.41, 5.74) is 4.65. The van der Waals surface area contributed by atoms with E-state index < -0.39 is 11.0 Å². The molecule has 3 aromatic rings. The quantitative estimate of drug-likeness (QED) is 0.498. The number of hydrogen-bond donors (Lipinski definition) is 1. The normalized spacial score (nSPS) is 19.8. The summed E-state index contributed by atoms with van der Waals surface area (Å²) >= 11 is 1.41. The van der Waals surface area contributed by atoms with E-state index in [0.717, 1.165) is 82.8 Å². The largest absolute Gasteiger partial charge is 0.495 e. The van der Waals surface area contributed by atoms with Crippen molar-refractivity contribution in [1.29, 1.82) is 0 Å². The van der Waals surface area contributed by atoms with E-state index in [4.69, 9.17) is 14.0 Å². The summed E-state index contributed by atoms with van der Waals surface area (Å²) in [7, 11) is 2.35. The van der Waals surface area contributed by atoms with Gasteiger partial charge in [0.2, 0.25) is 0 Å². The fraction of sp³-hybridized carbons (Fsp3) is 0.375. The molecule has 1 aliphatic heterocycles. The van der Waals surface area contributed by atoms with Gasteiger partial charge in [-0.05, 0) is 67.5 Å². The van der Waals surface area contributed by atoms with Crippen LogP contribution in [0.25, 0.3) is 11.3 Å². The molecule has 33 heavy (non-hydrogen) atoms. The summed E-state index contributed by atoms with van der Waals surface area (Å²) in [6, 6.07) is 12.2. The first kappa shape index (κ1) is 20.9. The minimum Gasteiger partial charge on any atom is -0.495 e. The van der Waals surface area contributed by atoms with Crippen LogP contribution in [0.1, 0.15) is 30.4 Å². The number of nitrogens with one attached hydrogen (secondary N) is 1. The van der Waals surface area contributed by atoms with Crippen molar-refractivity contribution in [1.82, 2.24) is 5.16 Å². The smallest absolute Gasteiger partial charge is 0.183 e. The molecule has 2 heterocycles. The van der Waals surface area contributed by atoms with Crippen LogP contribution in [0, 0.1) is 0 Å². The van der Waals surface area contributed by atoms with Crippen molar-refractivity contribution in [2.24, 2.45) is 0 Å². The van der Waals surface area contributed by atoms with Gasteiger partial charge in [-0.3, -0.25) is 4.31 Å². The Morgan fingerprint density at radius 3 is 2.64 bits per heavy atom. The molecule has 9 heteroatoms. The van der Waals surface area contributed by atoms with Gasteiger partial charge >= 0.3 is 0 Å². The number of rotatable bonds is 6. The molecule has 2 aromatic carbocycles. The summed E-state index contributed by atoms with van der Waals surface area (Å²) in [6.07, 6.45) is 4.18. The molecule has 1 atom stereocenters. The van der Waals surface area contributed by atoms with Gasteiger partial charge in [0.15, 0.2) is 11.6 Å². The van der Waals surface area contributed by atoms with Gasteiger partial charge in [0.1, 0.15) is 27.4 Å². The molecule has 1 aromatic heterocycles. The van der Waals surface area contributed by atoms with Gasteiger partial charge < -0.3 is 18.7 Å². The van der Waals surface area contributed by atoms with Crippen LogP contribution in [0.2, 0.25) is 0 Å². The summed E-state index contributed by atoms with van der Waals surface area (Å²) in [4.78, 5) is 0.857. The fourth-order valence-corrected chi connectivity index (χ4v) is 7.08. The minimum absolute atomic E-state index is 0.153. The Bertz CT molecular complexity index is 1230. The third kappa shape index (κ3) is 3.40. The van der Waals surface area contributed by atoms with E-state index in [1.54, 1.807) is 14.2 Å². The van der Waals surface area contributed by atoms with Gasteiger partial charge in [0, 0.05) is 34.5 Å². The van der Waals surface area contributed by atoms with Gasteiger partial charge in [-0.25, -0.2) is 4.21 Å². The van der Waals surface area contributed by atoms with Crippen LogP contribution in [-0.4, -0.2) is 35.9 Å². The highest BCUT2D eigenvalue weighted by Gasteiger charge is 2.50. The van der Waals surface area contributed by atoms with Crippen LogP contribution in [0.15, 0.2) is 45.8 Å². The number of anilines is 2. The first-order chi connectivity index (χ1) is 16.1. The fourth-order valence-electron chi connectivity index (χ4n) is 4.94. The van der Waals surface area contributed by atoms with Gasteiger partial charge in [-0.2, -0.15) is 0 Å². The van der Waals surface area contributed by atoms with E-state index in [-0.39, 0.29) is 5.41 Å². The Balaban J connectivity index is 1.35. The zero-order chi connectivity index (χ0) is 22.6. The van der Waals surface area contributed by atoms with Crippen molar-refractivity contribution in [3.8, 4) is 22.8 Å². The Hall–Kier alpha value is -2.65. The van der Waals surface area contributed by atoms with Crippen molar-refractivity contribution in [3.63, 3.8) is 0 Å². The maximum Gasteiger partial charge on any atom is 0.183 e. The monoisotopic (exact) mass is 483 g/mol. The highest BCUT2D eigenvalue weighted by molar-refractivity contribution is 8.00. The van der Waals surface area contributed by atoms with Crippen molar-refractivity contribution in [2.45, 2.75) is 36.0 Å². The third-order valence-electron chi connectivity index (χ3n) is 6.82. The molecule has 2 fully saturated rings. The predicted molar refractivity (Wildman–Crippen MR) is 131 cm³/mol. The maximum atomic E-state index is 12.4. The molecule has 0 radical (unpaired) electrons. The highest BCUT2D eigenvalue weighted by Crippen LogP contribution is 2.59. The Kier molecular flexibility index (Phi) is 5.06. The Morgan fingerprint density at radius 1 is 1.18 bits per heavy atom. The van der Waals surface area contributed by atoms with E-state index in [0.29, 0.717) is 0 Å². The first-order valence-corrected chi connectivity index (χ1v) is 13.2. The summed E-state index contributed by atoms with van der Waals surface area (Å²) in [5, 5.41) is 4.40. The second-order valence-electron chi connectivity index (χ2n) is 8.70. The van der Waals surface area contributed by atoms with E-state index in [2.05, 4.69) is 28.1 Å². The van der Waals surface area contributed by atoms with E-state index in [9.17, 15) is 4.21 Å². The lowest BCUT2D eigenvalue weighted by Crippen LogP contribution is -2.21. The number of hydrogen-bond acceptors (Lipinski definition) is 7. The Labute approximate surface area is 199 Å². The number of methoxy groups -OCH3 is 2. The average Bonchev–Trinajstić information content (AvgIpc) is 3.28. The first-order valence-electron chi connectivity index (χ1n) is 11.1. The molecule has 1 unspecified atom stereocenters.